The minimum Gasteiger partial charge on any atom is -0.482 e. The maximum atomic E-state index is 12.0. The van der Waals surface area contributed by atoms with E-state index in [0.29, 0.717) is 23.5 Å². The highest BCUT2D eigenvalue weighted by atomic mass is 16.5. The van der Waals surface area contributed by atoms with Crippen molar-refractivity contribution in [3.8, 4) is 5.75 Å². The fourth-order valence-electron chi connectivity index (χ4n) is 1.90. The van der Waals surface area contributed by atoms with Gasteiger partial charge in [0.05, 0.1) is 5.69 Å². The lowest BCUT2D eigenvalue weighted by molar-refractivity contribution is -0.121. The second-order valence-corrected chi connectivity index (χ2v) is 4.56. The predicted octanol–water partition coefficient (Wildman–Crippen LogP) is 1.28. The van der Waals surface area contributed by atoms with Gasteiger partial charge in [0.15, 0.2) is 12.4 Å². The number of nitrogens with one attached hydrogen (secondary N) is 2. The van der Waals surface area contributed by atoms with Gasteiger partial charge in [0.1, 0.15) is 5.75 Å². The molecule has 110 valence electrons. The van der Waals surface area contributed by atoms with Crippen LogP contribution in [0.15, 0.2) is 30.9 Å². The number of hydrogen-bond donors (Lipinski definition) is 2. The number of fused-ring (bicyclic) bond motifs is 1. The second-order valence-electron chi connectivity index (χ2n) is 4.56. The molecule has 0 radical (unpaired) electrons. The first-order valence-electron chi connectivity index (χ1n) is 6.57. The number of rotatable bonds is 6. The highest BCUT2D eigenvalue weighted by molar-refractivity contribution is 6.01. The summed E-state index contributed by atoms with van der Waals surface area (Å²) in [5, 5.41) is 5.25. The number of hydrogen-bond acceptors (Lipinski definition) is 4. The molecule has 1 aliphatic heterocycles. The number of amides is 2. The quantitative estimate of drug-likeness (QED) is 0.610. The molecule has 1 aliphatic rings. The minimum absolute atomic E-state index is 0.0240. The van der Waals surface area contributed by atoms with Crippen molar-refractivity contribution in [2.24, 2.45) is 0 Å². The average Bonchev–Trinajstić information content (AvgIpc) is 2.49. The molecule has 0 saturated carbocycles. The summed E-state index contributed by atoms with van der Waals surface area (Å²) in [5.74, 6) is -0.0741. The van der Waals surface area contributed by atoms with Crippen LogP contribution in [0.1, 0.15) is 23.2 Å². The molecule has 2 amide bonds. The molecule has 1 aromatic carbocycles. The van der Waals surface area contributed by atoms with E-state index in [-0.39, 0.29) is 37.0 Å². The summed E-state index contributed by atoms with van der Waals surface area (Å²) in [6, 6.07) is 4.83. The molecule has 0 spiro atoms. The lowest BCUT2D eigenvalue weighted by Crippen LogP contribution is -2.25. The summed E-state index contributed by atoms with van der Waals surface area (Å²) in [6.45, 7) is 3.85. The van der Waals surface area contributed by atoms with Gasteiger partial charge >= 0.3 is 0 Å². The normalized spacial score (nSPS) is 12.7. The molecular formula is C15H16N2O4. The van der Waals surface area contributed by atoms with Crippen molar-refractivity contribution in [1.82, 2.24) is 5.32 Å². The van der Waals surface area contributed by atoms with Gasteiger partial charge < -0.3 is 15.4 Å². The van der Waals surface area contributed by atoms with E-state index < -0.39 is 0 Å². The van der Waals surface area contributed by atoms with Crippen molar-refractivity contribution in [2.75, 3.05) is 18.5 Å². The van der Waals surface area contributed by atoms with Crippen molar-refractivity contribution in [1.29, 1.82) is 0 Å². The molecule has 0 aromatic heterocycles. The van der Waals surface area contributed by atoms with Crippen LogP contribution in [0.2, 0.25) is 0 Å². The van der Waals surface area contributed by atoms with E-state index >= 15 is 0 Å². The van der Waals surface area contributed by atoms with E-state index in [1.807, 2.05) is 0 Å². The Labute approximate surface area is 122 Å². The summed E-state index contributed by atoms with van der Waals surface area (Å²) >= 11 is 0. The number of carbonyl (C=O) groups excluding carboxylic acids is 3. The highest BCUT2D eigenvalue weighted by Crippen LogP contribution is 2.28. The zero-order valence-electron chi connectivity index (χ0n) is 11.5. The van der Waals surface area contributed by atoms with Crippen LogP contribution in [-0.4, -0.2) is 30.7 Å². The van der Waals surface area contributed by atoms with Crippen LogP contribution in [-0.2, 0) is 9.59 Å². The molecule has 0 fully saturated rings. The van der Waals surface area contributed by atoms with E-state index in [4.69, 9.17) is 4.74 Å². The average molecular weight is 288 g/mol. The topological polar surface area (TPSA) is 84.5 Å². The Bertz CT molecular complexity index is 595. The van der Waals surface area contributed by atoms with Crippen molar-refractivity contribution in [2.45, 2.75) is 12.8 Å². The number of anilines is 1. The SMILES string of the molecule is C=CCNC(=O)CCC(=O)c1ccc2c(c1)NC(=O)CO2. The lowest BCUT2D eigenvalue weighted by atomic mass is 10.0. The van der Waals surface area contributed by atoms with Crippen LogP contribution >= 0.6 is 0 Å². The number of Topliss-reactive ketones (excluding diaryl/α,β-unsaturated/α-hetero) is 1. The van der Waals surface area contributed by atoms with Crippen LogP contribution in [0.4, 0.5) is 5.69 Å². The molecular weight excluding hydrogens is 272 g/mol. The fraction of sp³-hybridized carbons (Fsp3) is 0.267. The van der Waals surface area contributed by atoms with Crippen molar-refractivity contribution >= 4 is 23.3 Å². The van der Waals surface area contributed by atoms with Gasteiger partial charge in [-0.15, -0.1) is 6.58 Å². The third-order valence-electron chi connectivity index (χ3n) is 2.96. The molecule has 2 N–H and O–H groups in total. The van der Waals surface area contributed by atoms with E-state index in [0.717, 1.165) is 0 Å². The molecule has 0 saturated heterocycles. The molecule has 0 bridgehead atoms. The first-order valence-corrected chi connectivity index (χ1v) is 6.57. The summed E-state index contributed by atoms with van der Waals surface area (Å²) in [6.07, 6.45) is 1.80. The van der Waals surface area contributed by atoms with Gasteiger partial charge in [0.25, 0.3) is 5.91 Å². The molecule has 2 rings (SSSR count). The maximum absolute atomic E-state index is 12.0. The van der Waals surface area contributed by atoms with E-state index in [1.165, 1.54) is 0 Å². The van der Waals surface area contributed by atoms with Gasteiger partial charge in [-0.2, -0.15) is 0 Å². The molecule has 21 heavy (non-hydrogen) atoms. The maximum Gasteiger partial charge on any atom is 0.262 e. The number of benzene rings is 1. The number of ether oxygens (including phenoxy) is 1. The molecule has 0 aliphatic carbocycles. The van der Waals surface area contributed by atoms with Crippen LogP contribution in [0, 0.1) is 0 Å². The summed E-state index contributed by atoms with van der Waals surface area (Å²) < 4.78 is 5.22. The summed E-state index contributed by atoms with van der Waals surface area (Å²) in [5.41, 5.74) is 0.921. The molecule has 6 nitrogen and oxygen atoms in total. The van der Waals surface area contributed by atoms with Gasteiger partial charge in [-0.25, -0.2) is 0 Å². The Balaban J connectivity index is 1.97. The van der Waals surface area contributed by atoms with Crippen LogP contribution in [0.5, 0.6) is 5.75 Å². The zero-order valence-corrected chi connectivity index (χ0v) is 11.5. The molecule has 0 atom stereocenters. The first kappa shape index (κ1) is 14.8. The Morgan fingerprint density at radius 1 is 1.38 bits per heavy atom. The Morgan fingerprint density at radius 2 is 2.19 bits per heavy atom. The van der Waals surface area contributed by atoms with Crippen molar-refractivity contribution < 1.29 is 19.1 Å². The Hall–Kier alpha value is -2.63. The second kappa shape index (κ2) is 6.69. The largest absolute Gasteiger partial charge is 0.482 e. The first-order chi connectivity index (χ1) is 10.1. The van der Waals surface area contributed by atoms with Crippen LogP contribution in [0.3, 0.4) is 0 Å². The van der Waals surface area contributed by atoms with Crippen LogP contribution in [0.25, 0.3) is 0 Å². The lowest BCUT2D eigenvalue weighted by Gasteiger charge is -2.18. The summed E-state index contributed by atoms with van der Waals surface area (Å²) in [7, 11) is 0. The molecule has 6 heteroatoms. The highest BCUT2D eigenvalue weighted by Gasteiger charge is 2.18. The van der Waals surface area contributed by atoms with Gasteiger partial charge in [-0.05, 0) is 18.2 Å². The Morgan fingerprint density at radius 3 is 2.95 bits per heavy atom. The van der Waals surface area contributed by atoms with E-state index in [2.05, 4.69) is 17.2 Å². The van der Waals surface area contributed by atoms with Gasteiger partial charge in [-0.3, -0.25) is 14.4 Å². The van der Waals surface area contributed by atoms with Gasteiger partial charge in [0.2, 0.25) is 5.91 Å². The summed E-state index contributed by atoms with van der Waals surface area (Å²) in [4.78, 5) is 34.7. The smallest absolute Gasteiger partial charge is 0.262 e. The van der Waals surface area contributed by atoms with Crippen molar-refractivity contribution in [3.05, 3.63) is 36.4 Å². The third kappa shape index (κ3) is 3.92. The van der Waals surface area contributed by atoms with Crippen LogP contribution < -0.4 is 15.4 Å². The fourth-order valence-corrected chi connectivity index (χ4v) is 1.90. The molecule has 1 heterocycles. The standard InChI is InChI=1S/C15H16N2O4/c1-2-7-16-14(19)6-4-12(18)10-3-5-13-11(8-10)17-15(20)9-21-13/h2-3,5,8H,1,4,6-7,9H2,(H,16,19)(H,17,20). The molecule has 1 aromatic rings. The molecule has 0 unspecified atom stereocenters. The van der Waals surface area contributed by atoms with E-state index in [9.17, 15) is 14.4 Å². The van der Waals surface area contributed by atoms with Gasteiger partial charge in [0, 0.05) is 24.9 Å². The van der Waals surface area contributed by atoms with Gasteiger partial charge in [-0.1, -0.05) is 6.08 Å². The zero-order chi connectivity index (χ0) is 15.2. The monoisotopic (exact) mass is 288 g/mol. The Kier molecular flexibility index (Phi) is 4.71. The predicted molar refractivity (Wildman–Crippen MR) is 77.3 cm³/mol. The number of carbonyl (C=O) groups is 3. The van der Waals surface area contributed by atoms with Crippen molar-refractivity contribution in [3.63, 3.8) is 0 Å². The van der Waals surface area contributed by atoms with E-state index in [1.54, 1.807) is 24.3 Å². The minimum atomic E-state index is -0.254. The number of ketones is 1. The third-order valence-corrected chi connectivity index (χ3v) is 2.96.